The Balaban J connectivity index is 0.00000162. The molecule has 0 aliphatic carbocycles. The molecule has 2 rings (SSSR count). The zero-order chi connectivity index (χ0) is 12.3. The second-order valence-corrected chi connectivity index (χ2v) is 4.14. The summed E-state index contributed by atoms with van der Waals surface area (Å²) in [6.07, 6.45) is 0. The highest BCUT2D eigenvalue weighted by atomic mass is 35.5. The van der Waals surface area contributed by atoms with Crippen molar-refractivity contribution in [3.05, 3.63) is 65.2 Å². The molecule has 0 bridgehead atoms. The van der Waals surface area contributed by atoms with Gasteiger partial charge in [-0.05, 0) is 30.2 Å². The van der Waals surface area contributed by atoms with Crippen LogP contribution in [0.5, 0.6) is 0 Å². The van der Waals surface area contributed by atoms with E-state index in [9.17, 15) is 5.26 Å². The van der Waals surface area contributed by atoms with Gasteiger partial charge in [0.1, 0.15) is 0 Å². The first-order chi connectivity index (χ1) is 8.20. The zero-order valence-corrected chi connectivity index (χ0v) is 10.9. The molecular weight excluding hydrogens is 244 g/mol. The van der Waals surface area contributed by atoms with Crippen LogP contribution in [-0.2, 0) is 0 Å². The monoisotopic (exact) mass is 258 g/mol. The van der Waals surface area contributed by atoms with Crippen LogP contribution >= 0.6 is 12.4 Å². The van der Waals surface area contributed by atoms with Gasteiger partial charge >= 0.3 is 0 Å². The van der Waals surface area contributed by atoms with E-state index < -0.39 is 0 Å². The van der Waals surface area contributed by atoms with Crippen molar-refractivity contribution < 1.29 is 0 Å². The molecule has 2 aromatic rings. The number of halogens is 1. The largest absolute Gasteiger partial charge is 0.399 e. The molecule has 92 valence electrons. The molecule has 0 radical (unpaired) electrons. The zero-order valence-electron chi connectivity index (χ0n) is 10.1. The van der Waals surface area contributed by atoms with Gasteiger partial charge in [0.15, 0.2) is 0 Å². The van der Waals surface area contributed by atoms with Gasteiger partial charge in [-0.1, -0.05) is 42.0 Å². The third-order valence-electron chi connectivity index (χ3n) is 2.77. The topological polar surface area (TPSA) is 49.8 Å². The Morgan fingerprint density at radius 1 is 1.06 bits per heavy atom. The Morgan fingerprint density at radius 2 is 1.72 bits per heavy atom. The van der Waals surface area contributed by atoms with E-state index in [0.717, 1.165) is 22.4 Å². The fourth-order valence-electron chi connectivity index (χ4n) is 1.88. The van der Waals surface area contributed by atoms with E-state index in [1.54, 1.807) is 0 Å². The Kier molecular flexibility index (Phi) is 4.76. The van der Waals surface area contributed by atoms with Crippen LogP contribution in [-0.4, -0.2) is 0 Å². The molecule has 0 aliphatic rings. The van der Waals surface area contributed by atoms with Gasteiger partial charge in [0.2, 0.25) is 0 Å². The van der Waals surface area contributed by atoms with Gasteiger partial charge in [0, 0.05) is 5.69 Å². The fourth-order valence-corrected chi connectivity index (χ4v) is 1.88. The highest BCUT2D eigenvalue weighted by Gasteiger charge is 2.12. The van der Waals surface area contributed by atoms with Gasteiger partial charge in [0.05, 0.1) is 12.0 Å². The molecule has 0 aromatic heterocycles. The van der Waals surface area contributed by atoms with Crippen LogP contribution in [0.3, 0.4) is 0 Å². The molecule has 0 heterocycles. The maximum Gasteiger partial charge on any atom is 0.0962 e. The number of hydrogen-bond donors (Lipinski definition) is 1. The van der Waals surface area contributed by atoms with Crippen molar-refractivity contribution in [2.75, 3.05) is 5.73 Å². The van der Waals surface area contributed by atoms with E-state index in [0.29, 0.717) is 0 Å². The number of nitrogens with two attached hydrogens (primary N) is 1. The van der Waals surface area contributed by atoms with E-state index in [4.69, 9.17) is 5.73 Å². The van der Waals surface area contributed by atoms with Crippen molar-refractivity contribution in [3.63, 3.8) is 0 Å². The van der Waals surface area contributed by atoms with Crippen LogP contribution in [0.15, 0.2) is 48.5 Å². The predicted molar refractivity (Wildman–Crippen MR) is 76.7 cm³/mol. The summed E-state index contributed by atoms with van der Waals surface area (Å²) in [6.45, 7) is 2.03. The van der Waals surface area contributed by atoms with Crippen LogP contribution in [0.25, 0.3) is 0 Å². The van der Waals surface area contributed by atoms with Crippen molar-refractivity contribution in [1.82, 2.24) is 0 Å². The van der Waals surface area contributed by atoms with E-state index in [1.807, 2.05) is 55.5 Å². The van der Waals surface area contributed by atoms with Crippen LogP contribution in [0.2, 0.25) is 0 Å². The summed E-state index contributed by atoms with van der Waals surface area (Å²) < 4.78 is 0. The summed E-state index contributed by atoms with van der Waals surface area (Å²) in [7, 11) is 0. The maximum atomic E-state index is 9.31. The van der Waals surface area contributed by atoms with Gasteiger partial charge in [0.25, 0.3) is 0 Å². The Labute approximate surface area is 113 Å². The van der Waals surface area contributed by atoms with Gasteiger partial charge in [-0.2, -0.15) is 5.26 Å². The van der Waals surface area contributed by atoms with Crippen molar-refractivity contribution in [2.45, 2.75) is 12.8 Å². The molecule has 0 fully saturated rings. The van der Waals surface area contributed by atoms with Crippen molar-refractivity contribution in [3.8, 4) is 6.07 Å². The maximum absolute atomic E-state index is 9.31. The number of hydrogen-bond acceptors (Lipinski definition) is 2. The average molecular weight is 259 g/mol. The minimum absolute atomic E-state index is 0. The molecule has 3 heteroatoms. The average Bonchev–Trinajstić information content (AvgIpc) is 2.33. The summed E-state index contributed by atoms with van der Waals surface area (Å²) >= 11 is 0. The quantitative estimate of drug-likeness (QED) is 0.836. The van der Waals surface area contributed by atoms with Crippen LogP contribution in [0, 0.1) is 18.3 Å². The van der Waals surface area contributed by atoms with Crippen LogP contribution in [0.4, 0.5) is 5.69 Å². The molecule has 2 nitrogen and oxygen atoms in total. The molecule has 2 N–H and O–H groups in total. The first-order valence-corrected chi connectivity index (χ1v) is 5.52. The summed E-state index contributed by atoms with van der Waals surface area (Å²) in [5.41, 5.74) is 9.53. The lowest BCUT2D eigenvalue weighted by Crippen LogP contribution is -1.98. The van der Waals surface area contributed by atoms with Crippen LogP contribution < -0.4 is 5.73 Å². The van der Waals surface area contributed by atoms with Gasteiger partial charge in [-0.15, -0.1) is 12.4 Å². The third kappa shape index (κ3) is 3.03. The van der Waals surface area contributed by atoms with Crippen LogP contribution in [0.1, 0.15) is 22.6 Å². The summed E-state index contributed by atoms with van der Waals surface area (Å²) in [4.78, 5) is 0. The number of nitrogen functional groups attached to an aromatic ring is 1. The lowest BCUT2D eigenvalue weighted by atomic mass is 9.92. The first-order valence-electron chi connectivity index (χ1n) is 5.52. The number of nitrogens with zero attached hydrogens (tertiary/aromatic N) is 1. The highest BCUT2D eigenvalue weighted by Crippen LogP contribution is 2.25. The van der Waals surface area contributed by atoms with Gasteiger partial charge in [-0.25, -0.2) is 0 Å². The number of aryl methyl sites for hydroxylation is 1. The van der Waals surface area contributed by atoms with E-state index in [1.165, 1.54) is 0 Å². The van der Waals surface area contributed by atoms with E-state index >= 15 is 0 Å². The number of rotatable bonds is 2. The molecule has 0 saturated heterocycles. The summed E-state index contributed by atoms with van der Waals surface area (Å²) in [5, 5.41) is 9.31. The standard InChI is InChI=1S/C15H14N2.ClH/c1-11-3-2-4-13(9-11)15(10-16)12-5-7-14(17)8-6-12;/h2-9,15H,17H2,1H3;1H. The molecule has 1 unspecified atom stereocenters. The molecule has 1 atom stereocenters. The Morgan fingerprint density at radius 3 is 2.28 bits per heavy atom. The number of benzene rings is 2. The first kappa shape index (κ1) is 14.1. The SMILES string of the molecule is Cc1cccc(C(C#N)c2ccc(N)cc2)c1.Cl. The Hall–Kier alpha value is -1.98. The number of nitriles is 1. The molecule has 0 spiro atoms. The third-order valence-corrected chi connectivity index (χ3v) is 2.77. The molecule has 0 aliphatic heterocycles. The molecule has 2 aromatic carbocycles. The molecule has 0 amide bonds. The molecule has 0 saturated carbocycles. The second kappa shape index (κ2) is 6.09. The number of anilines is 1. The second-order valence-electron chi connectivity index (χ2n) is 4.14. The van der Waals surface area contributed by atoms with E-state index in [-0.39, 0.29) is 18.3 Å². The minimum Gasteiger partial charge on any atom is -0.399 e. The van der Waals surface area contributed by atoms with E-state index in [2.05, 4.69) is 6.07 Å². The van der Waals surface area contributed by atoms with Crippen molar-refractivity contribution >= 4 is 18.1 Å². The van der Waals surface area contributed by atoms with Gasteiger partial charge in [-0.3, -0.25) is 0 Å². The summed E-state index contributed by atoms with van der Waals surface area (Å²) in [5.74, 6) is -0.226. The van der Waals surface area contributed by atoms with Crippen molar-refractivity contribution in [2.24, 2.45) is 0 Å². The smallest absolute Gasteiger partial charge is 0.0962 e. The van der Waals surface area contributed by atoms with Gasteiger partial charge < -0.3 is 5.73 Å². The summed E-state index contributed by atoms with van der Waals surface area (Å²) in [6, 6.07) is 17.9. The fraction of sp³-hybridized carbons (Fsp3) is 0.133. The predicted octanol–water partition coefficient (Wildman–Crippen LogP) is 3.65. The minimum atomic E-state index is -0.226. The molecule has 18 heavy (non-hydrogen) atoms. The normalized spacial score (nSPS) is 11.1. The molecular formula is C15H15ClN2. The Bertz CT molecular complexity index is 555. The highest BCUT2D eigenvalue weighted by molar-refractivity contribution is 5.85. The lowest BCUT2D eigenvalue weighted by molar-refractivity contribution is 1.03. The lowest BCUT2D eigenvalue weighted by Gasteiger charge is -2.10. The van der Waals surface area contributed by atoms with Crippen molar-refractivity contribution in [1.29, 1.82) is 5.26 Å².